The Morgan fingerprint density at radius 2 is 2.00 bits per heavy atom. The Kier molecular flexibility index (Phi) is 8.04. The summed E-state index contributed by atoms with van der Waals surface area (Å²) in [6.45, 7) is -1.37. The summed E-state index contributed by atoms with van der Waals surface area (Å²) in [6.07, 6.45) is -6.82. The highest BCUT2D eigenvalue weighted by atomic mass is 16.6. The smallest absolute Gasteiger partial charge is 0.320 e. The average molecular weight is 422 g/mol. The van der Waals surface area contributed by atoms with Crippen LogP contribution in [-0.2, 0) is 19.1 Å². The zero-order valence-corrected chi connectivity index (χ0v) is 15.3. The molecule has 13 nitrogen and oxygen atoms in total. The predicted molar refractivity (Wildman–Crippen MR) is 92.0 cm³/mol. The van der Waals surface area contributed by atoms with E-state index in [1.54, 1.807) is 6.08 Å². The number of aliphatic hydroxyl groups is 6. The van der Waals surface area contributed by atoms with Gasteiger partial charge in [-0.15, -0.1) is 0 Å². The fraction of sp³-hybridized carbons (Fsp3) is 0.750. The maximum absolute atomic E-state index is 12.1. The summed E-state index contributed by atoms with van der Waals surface area (Å²) in [5, 5.41) is 72.3. The molecule has 2 aliphatic rings. The van der Waals surface area contributed by atoms with E-state index in [1.807, 2.05) is 0 Å². The number of amides is 1. The van der Waals surface area contributed by atoms with E-state index in [0.717, 1.165) is 0 Å². The molecule has 13 heteroatoms. The number of aliphatic carboxylic acids is 1. The second-order valence-electron chi connectivity index (χ2n) is 6.84. The maximum Gasteiger partial charge on any atom is 0.320 e. The van der Waals surface area contributed by atoms with Crippen molar-refractivity contribution in [2.75, 3.05) is 26.4 Å². The van der Waals surface area contributed by atoms with Crippen molar-refractivity contribution in [3.8, 4) is 0 Å². The molecule has 7 atom stereocenters. The van der Waals surface area contributed by atoms with E-state index in [4.69, 9.17) is 14.6 Å². The molecule has 166 valence electrons. The van der Waals surface area contributed by atoms with Gasteiger partial charge < -0.3 is 50.5 Å². The minimum absolute atomic E-state index is 0.164. The Morgan fingerprint density at radius 3 is 2.62 bits per heavy atom. The molecule has 1 amide bonds. The zero-order valence-electron chi connectivity index (χ0n) is 15.3. The van der Waals surface area contributed by atoms with Crippen LogP contribution in [0.15, 0.2) is 11.6 Å². The van der Waals surface area contributed by atoms with Crippen molar-refractivity contribution in [3.63, 3.8) is 0 Å². The Labute approximate surface area is 165 Å². The molecule has 0 saturated carbocycles. The van der Waals surface area contributed by atoms with Crippen molar-refractivity contribution in [2.24, 2.45) is 0 Å². The molecule has 7 unspecified atom stereocenters. The second-order valence-corrected chi connectivity index (χ2v) is 6.84. The molecule has 1 saturated heterocycles. The van der Waals surface area contributed by atoms with Gasteiger partial charge in [0.2, 0.25) is 5.79 Å². The van der Waals surface area contributed by atoms with Gasteiger partial charge in [0.05, 0.1) is 26.4 Å². The minimum atomic E-state index is -2.39. The van der Waals surface area contributed by atoms with Crippen LogP contribution in [0.3, 0.4) is 0 Å². The highest BCUT2D eigenvalue weighted by molar-refractivity contribution is 5.82. The third-order valence-electron chi connectivity index (χ3n) is 4.75. The number of carboxylic acids is 1. The van der Waals surface area contributed by atoms with Crippen LogP contribution in [0.5, 0.6) is 0 Å². The Bertz CT molecular complexity index is 630. The van der Waals surface area contributed by atoms with Crippen molar-refractivity contribution in [1.82, 2.24) is 10.6 Å². The molecular weight excluding hydrogens is 396 g/mol. The van der Waals surface area contributed by atoms with E-state index in [9.17, 15) is 40.2 Å². The molecule has 0 aromatic rings. The average Bonchev–Trinajstić information content (AvgIpc) is 3.13. The first-order valence-corrected chi connectivity index (χ1v) is 8.85. The van der Waals surface area contributed by atoms with E-state index in [-0.39, 0.29) is 13.2 Å². The summed E-state index contributed by atoms with van der Waals surface area (Å²) in [6, 6.07) is -1.53. The first-order chi connectivity index (χ1) is 13.6. The lowest BCUT2D eigenvalue weighted by molar-refractivity contribution is -0.318. The fourth-order valence-corrected chi connectivity index (χ4v) is 2.89. The third-order valence-corrected chi connectivity index (χ3v) is 4.75. The molecule has 0 aromatic heterocycles. The third kappa shape index (κ3) is 5.69. The number of aliphatic hydroxyl groups excluding tert-OH is 5. The predicted octanol–water partition coefficient (Wildman–Crippen LogP) is -5.03. The number of rotatable bonds is 9. The largest absolute Gasteiger partial charge is 0.480 e. The zero-order chi connectivity index (χ0) is 21.8. The molecule has 0 aliphatic carbocycles. The van der Waals surface area contributed by atoms with E-state index in [0.29, 0.717) is 5.57 Å². The summed E-state index contributed by atoms with van der Waals surface area (Å²) < 4.78 is 10.1. The van der Waals surface area contributed by atoms with Gasteiger partial charge in [-0.1, -0.05) is 6.08 Å². The van der Waals surface area contributed by atoms with Gasteiger partial charge in [-0.3, -0.25) is 14.9 Å². The molecule has 2 aliphatic heterocycles. The molecule has 0 radical (unpaired) electrons. The highest BCUT2D eigenvalue weighted by Crippen LogP contribution is 2.23. The van der Waals surface area contributed by atoms with Crippen LogP contribution in [0.2, 0.25) is 0 Å². The van der Waals surface area contributed by atoms with E-state index >= 15 is 0 Å². The van der Waals surface area contributed by atoms with Crippen LogP contribution in [0.1, 0.15) is 6.42 Å². The molecule has 0 spiro atoms. The van der Waals surface area contributed by atoms with Gasteiger partial charge in [0.1, 0.15) is 30.5 Å². The van der Waals surface area contributed by atoms with Crippen LogP contribution < -0.4 is 10.6 Å². The molecule has 2 heterocycles. The van der Waals surface area contributed by atoms with Gasteiger partial charge in [0, 0.05) is 12.0 Å². The molecule has 2 rings (SSSR count). The first kappa shape index (κ1) is 23.6. The number of ether oxygens (including phenoxy) is 2. The number of hydrogen-bond donors (Lipinski definition) is 9. The van der Waals surface area contributed by atoms with Crippen LogP contribution in [-0.4, -0.2) is 116 Å². The van der Waals surface area contributed by atoms with Crippen molar-refractivity contribution in [3.05, 3.63) is 11.6 Å². The van der Waals surface area contributed by atoms with Gasteiger partial charge in [0.15, 0.2) is 6.23 Å². The van der Waals surface area contributed by atoms with Gasteiger partial charge in [-0.2, -0.15) is 0 Å². The molecule has 0 bridgehead atoms. The topological polar surface area (TPSA) is 218 Å². The van der Waals surface area contributed by atoms with Gasteiger partial charge in [0.25, 0.3) is 5.91 Å². The number of carbonyl (C=O) groups is 2. The molecule has 9 N–H and O–H groups in total. The molecule has 0 aromatic carbocycles. The monoisotopic (exact) mass is 422 g/mol. The van der Waals surface area contributed by atoms with Gasteiger partial charge in [-0.05, 0) is 0 Å². The molecule has 1 fully saturated rings. The highest BCUT2D eigenvalue weighted by Gasteiger charge is 2.48. The lowest BCUT2D eigenvalue weighted by Crippen LogP contribution is -2.65. The van der Waals surface area contributed by atoms with Crippen molar-refractivity contribution < 1.29 is 54.8 Å². The van der Waals surface area contributed by atoms with E-state index < -0.39 is 73.9 Å². The van der Waals surface area contributed by atoms with Crippen molar-refractivity contribution in [1.29, 1.82) is 0 Å². The van der Waals surface area contributed by atoms with Gasteiger partial charge >= 0.3 is 5.97 Å². The first-order valence-electron chi connectivity index (χ1n) is 8.85. The standard InChI is InChI=1S/C16H26N2O11/c19-4-7-1-2-28-14(7)18-13(24)9(20)3-8(15(25)26)17-6-16(27)12(23)11(22)10(21)5-29-16/h1,8-12,14,17,19-23,27H,2-6H2,(H,18,24)(H,25,26). The summed E-state index contributed by atoms with van der Waals surface area (Å²) in [5.74, 6) is -4.78. The molecular formula is C16H26N2O11. The van der Waals surface area contributed by atoms with Crippen LogP contribution >= 0.6 is 0 Å². The summed E-state index contributed by atoms with van der Waals surface area (Å²) in [4.78, 5) is 23.5. The van der Waals surface area contributed by atoms with Crippen LogP contribution in [0, 0.1) is 0 Å². The van der Waals surface area contributed by atoms with Crippen LogP contribution in [0.25, 0.3) is 0 Å². The summed E-state index contributed by atoms with van der Waals surface area (Å²) in [7, 11) is 0. The normalized spacial score (nSPS) is 34.3. The number of carboxylic acid groups (broad SMARTS) is 1. The lowest BCUT2D eigenvalue weighted by atomic mass is 9.96. The van der Waals surface area contributed by atoms with E-state index in [2.05, 4.69) is 10.6 Å². The number of hydrogen-bond acceptors (Lipinski definition) is 11. The van der Waals surface area contributed by atoms with Crippen molar-refractivity contribution in [2.45, 2.75) is 48.9 Å². The quantitative estimate of drug-likeness (QED) is 0.159. The van der Waals surface area contributed by atoms with Crippen LogP contribution in [0.4, 0.5) is 0 Å². The second kappa shape index (κ2) is 9.88. The Morgan fingerprint density at radius 1 is 1.31 bits per heavy atom. The SMILES string of the molecule is O=C(NC1OCC=C1CO)C(O)CC(NCC1(O)OCC(O)C(O)C1O)C(=O)O. The van der Waals surface area contributed by atoms with Gasteiger partial charge in [-0.25, -0.2) is 0 Å². The Balaban J connectivity index is 1.91. The molecule has 29 heavy (non-hydrogen) atoms. The van der Waals surface area contributed by atoms with Crippen molar-refractivity contribution >= 4 is 11.9 Å². The summed E-state index contributed by atoms with van der Waals surface area (Å²) >= 11 is 0. The minimum Gasteiger partial charge on any atom is -0.480 e. The number of carbonyl (C=O) groups excluding carboxylic acids is 1. The lowest BCUT2D eigenvalue weighted by Gasteiger charge is -2.42. The van der Waals surface area contributed by atoms with E-state index in [1.165, 1.54) is 0 Å². The number of nitrogens with one attached hydrogen (secondary N) is 2. The summed E-state index contributed by atoms with van der Waals surface area (Å²) in [5.41, 5.74) is 0.393. The fourth-order valence-electron chi connectivity index (χ4n) is 2.89. The maximum atomic E-state index is 12.1. The Hall–Kier alpha value is -1.68.